The third-order valence-corrected chi connectivity index (χ3v) is 4.73. The summed E-state index contributed by atoms with van der Waals surface area (Å²) in [7, 11) is 1.81. The van der Waals surface area contributed by atoms with Crippen molar-refractivity contribution in [2.75, 3.05) is 0 Å². The summed E-state index contributed by atoms with van der Waals surface area (Å²) in [6, 6.07) is 9.47. The second-order valence-electron chi connectivity index (χ2n) is 6.61. The molecule has 0 saturated heterocycles. The zero-order chi connectivity index (χ0) is 17.4. The van der Waals surface area contributed by atoms with Gasteiger partial charge in [-0.3, -0.25) is 9.59 Å². The zero-order valence-electron chi connectivity index (χ0n) is 14.1. The van der Waals surface area contributed by atoms with Crippen LogP contribution in [0.3, 0.4) is 0 Å². The predicted octanol–water partition coefficient (Wildman–Crippen LogP) is 2.35. The quantitative estimate of drug-likeness (QED) is 0.798. The molecule has 0 bridgehead atoms. The summed E-state index contributed by atoms with van der Waals surface area (Å²) in [5.74, 6) is -0.161. The number of nitrogens with zero attached hydrogens (tertiary/aromatic N) is 3. The molecule has 2 aliphatic heterocycles. The molecule has 1 fully saturated rings. The summed E-state index contributed by atoms with van der Waals surface area (Å²) in [5, 5.41) is 7.53. The van der Waals surface area contributed by atoms with E-state index in [0.29, 0.717) is 22.5 Å². The van der Waals surface area contributed by atoms with E-state index in [4.69, 9.17) is 0 Å². The van der Waals surface area contributed by atoms with E-state index in [9.17, 15) is 9.59 Å². The standard InChI is InChI=1S/C19H20N4O2/c1-22-11-15(18(24)20-13-7-5-6-8-13)17-16(12-22)19(25)23(21-17)14-9-3-2-4-10-14/h2-4,9-13H,5-8H2,1H3,(H,20,24). The van der Waals surface area contributed by atoms with Crippen molar-refractivity contribution < 1.29 is 4.79 Å². The first kappa shape index (κ1) is 15.6. The van der Waals surface area contributed by atoms with Crippen LogP contribution in [0, 0.1) is 0 Å². The van der Waals surface area contributed by atoms with Gasteiger partial charge in [-0.15, -0.1) is 0 Å². The molecule has 1 aromatic carbocycles. The molecule has 3 aliphatic rings. The minimum Gasteiger partial charge on any atom is -0.356 e. The number of carbonyl (C=O) groups is 1. The van der Waals surface area contributed by atoms with Crippen LogP contribution in [0.2, 0.25) is 0 Å². The fourth-order valence-electron chi connectivity index (χ4n) is 3.48. The van der Waals surface area contributed by atoms with E-state index >= 15 is 0 Å². The van der Waals surface area contributed by atoms with E-state index in [1.807, 2.05) is 37.4 Å². The highest BCUT2D eigenvalue weighted by atomic mass is 16.2. The Morgan fingerprint density at radius 1 is 1.16 bits per heavy atom. The molecule has 2 heterocycles. The van der Waals surface area contributed by atoms with Gasteiger partial charge in [-0.05, 0) is 25.0 Å². The van der Waals surface area contributed by atoms with Crippen molar-refractivity contribution in [1.82, 2.24) is 19.7 Å². The van der Waals surface area contributed by atoms with Gasteiger partial charge in [0.1, 0.15) is 5.69 Å². The number of fused-ring (bicyclic) bond motifs is 1. The first-order valence-corrected chi connectivity index (χ1v) is 8.59. The average Bonchev–Trinajstić information content (AvgIpc) is 3.24. The van der Waals surface area contributed by atoms with Gasteiger partial charge in [0.15, 0.2) is 0 Å². The Balaban J connectivity index is 1.79. The smallest absolute Gasteiger partial charge is 0.282 e. The molecule has 0 atom stereocenters. The van der Waals surface area contributed by atoms with Gasteiger partial charge in [-0.25, -0.2) is 0 Å². The Morgan fingerprint density at radius 3 is 2.60 bits per heavy atom. The molecule has 4 rings (SSSR count). The second-order valence-corrected chi connectivity index (χ2v) is 6.61. The van der Waals surface area contributed by atoms with Crippen LogP contribution >= 0.6 is 0 Å². The molecule has 1 saturated carbocycles. The van der Waals surface area contributed by atoms with Crippen LogP contribution < -0.4 is 10.9 Å². The van der Waals surface area contributed by atoms with Crippen molar-refractivity contribution >= 4 is 5.91 Å². The maximum atomic E-state index is 12.8. The molecule has 0 spiro atoms. The molecule has 0 unspecified atom stereocenters. The van der Waals surface area contributed by atoms with E-state index in [1.165, 1.54) is 4.68 Å². The van der Waals surface area contributed by atoms with Gasteiger partial charge >= 0.3 is 0 Å². The number of rotatable bonds is 3. The highest BCUT2D eigenvalue weighted by Crippen LogP contribution is 2.23. The summed E-state index contributed by atoms with van der Waals surface area (Å²) in [4.78, 5) is 25.5. The van der Waals surface area contributed by atoms with Crippen LogP contribution in [-0.4, -0.2) is 26.3 Å². The molecule has 6 nitrogen and oxygen atoms in total. The van der Waals surface area contributed by atoms with Gasteiger partial charge in [0.2, 0.25) is 0 Å². The number of nitrogens with one attached hydrogen (secondary N) is 1. The van der Waals surface area contributed by atoms with Gasteiger partial charge in [0, 0.05) is 25.5 Å². The lowest BCUT2D eigenvalue weighted by Crippen LogP contribution is -2.33. The van der Waals surface area contributed by atoms with Crippen molar-refractivity contribution in [2.45, 2.75) is 31.7 Å². The number of aromatic nitrogens is 3. The first-order chi connectivity index (χ1) is 12.1. The topological polar surface area (TPSA) is 68.9 Å². The number of para-hydroxylation sites is 1. The lowest BCUT2D eigenvalue weighted by atomic mass is 10.1. The van der Waals surface area contributed by atoms with Crippen LogP contribution in [0.25, 0.3) is 16.9 Å². The first-order valence-electron chi connectivity index (χ1n) is 8.59. The van der Waals surface area contributed by atoms with Crippen molar-refractivity contribution in [3.05, 3.63) is 58.6 Å². The van der Waals surface area contributed by atoms with Gasteiger partial charge in [0.25, 0.3) is 11.5 Å². The Morgan fingerprint density at radius 2 is 1.88 bits per heavy atom. The van der Waals surface area contributed by atoms with Crippen LogP contribution in [0.5, 0.6) is 0 Å². The molecule has 6 heteroatoms. The van der Waals surface area contributed by atoms with Crippen LogP contribution in [0.15, 0.2) is 47.5 Å². The lowest BCUT2D eigenvalue weighted by molar-refractivity contribution is 0.0937. The minimum absolute atomic E-state index is 0.161. The minimum atomic E-state index is -0.215. The molecule has 25 heavy (non-hydrogen) atoms. The van der Waals surface area contributed by atoms with E-state index in [0.717, 1.165) is 25.7 Å². The van der Waals surface area contributed by atoms with Crippen molar-refractivity contribution in [3.63, 3.8) is 0 Å². The van der Waals surface area contributed by atoms with Gasteiger partial charge in [0.05, 0.1) is 16.8 Å². The third-order valence-electron chi connectivity index (χ3n) is 4.73. The van der Waals surface area contributed by atoms with Crippen LogP contribution in [0.4, 0.5) is 0 Å². The largest absolute Gasteiger partial charge is 0.356 e. The average molecular weight is 336 g/mol. The molecular weight excluding hydrogens is 316 g/mol. The van der Waals surface area contributed by atoms with Crippen molar-refractivity contribution in [2.24, 2.45) is 7.05 Å². The molecule has 1 amide bonds. The van der Waals surface area contributed by atoms with Crippen LogP contribution in [-0.2, 0) is 7.05 Å². The molecule has 1 aromatic rings. The Hall–Kier alpha value is -2.89. The SMILES string of the molecule is Cn1cc(C(=O)NC2CCCC2)c2nn(-c3ccccc3)c(=O)c-2c1. The second kappa shape index (κ2) is 6.20. The Labute approximate surface area is 145 Å². The zero-order valence-corrected chi connectivity index (χ0v) is 14.1. The fraction of sp³-hybridized carbons (Fsp3) is 0.316. The normalized spacial score (nSPS) is 14.9. The number of benzene rings is 1. The molecule has 0 radical (unpaired) electrons. The summed E-state index contributed by atoms with van der Waals surface area (Å²) >= 11 is 0. The summed E-state index contributed by atoms with van der Waals surface area (Å²) in [6.45, 7) is 0. The molecule has 1 aliphatic carbocycles. The maximum Gasteiger partial charge on any atom is 0.282 e. The van der Waals surface area contributed by atoms with Crippen molar-refractivity contribution in [1.29, 1.82) is 0 Å². The van der Waals surface area contributed by atoms with Gasteiger partial charge < -0.3 is 9.88 Å². The Bertz CT molecular complexity index is 936. The van der Waals surface area contributed by atoms with E-state index < -0.39 is 0 Å². The highest BCUT2D eigenvalue weighted by molar-refractivity contribution is 6.00. The van der Waals surface area contributed by atoms with Gasteiger partial charge in [-0.2, -0.15) is 9.78 Å². The maximum absolute atomic E-state index is 12.8. The number of aryl methyl sites for hydroxylation is 1. The van der Waals surface area contributed by atoms with E-state index in [1.54, 1.807) is 17.0 Å². The van der Waals surface area contributed by atoms with E-state index in [2.05, 4.69) is 10.4 Å². The monoisotopic (exact) mass is 336 g/mol. The lowest BCUT2D eigenvalue weighted by Gasteiger charge is -2.14. The number of pyridine rings is 1. The third kappa shape index (κ3) is 2.84. The predicted molar refractivity (Wildman–Crippen MR) is 95.1 cm³/mol. The number of hydrogen-bond donors (Lipinski definition) is 1. The molecule has 0 aromatic heterocycles. The number of hydrogen-bond acceptors (Lipinski definition) is 3. The van der Waals surface area contributed by atoms with Gasteiger partial charge in [-0.1, -0.05) is 31.0 Å². The fourth-order valence-corrected chi connectivity index (χ4v) is 3.48. The number of amides is 1. The molecule has 128 valence electrons. The Kier molecular flexibility index (Phi) is 3.87. The summed E-state index contributed by atoms with van der Waals surface area (Å²) in [6.07, 6.45) is 7.77. The highest BCUT2D eigenvalue weighted by Gasteiger charge is 2.26. The molecular formula is C19H20N4O2. The summed E-state index contributed by atoms with van der Waals surface area (Å²) < 4.78 is 3.10. The summed E-state index contributed by atoms with van der Waals surface area (Å²) in [5.41, 5.74) is 1.81. The molecule has 1 N–H and O–H groups in total. The van der Waals surface area contributed by atoms with Crippen molar-refractivity contribution in [3.8, 4) is 16.9 Å². The number of carbonyl (C=O) groups excluding carboxylic acids is 1. The van der Waals surface area contributed by atoms with Crippen LogP contribution in [0.1, 0.15) is 36.0 Å². The van der Waals surface area contributed by atoms with E-state index in [-0.39, 0.29) is 17.5 Å².